The summed E-state index contributed by atoms with van der Waals surface area (Å²) in [5.41, 5.74) is 1.17. The molecule has 3 rings (SSSR count). The summed E-state index contributed by atoms with van der Waals surface area (Å²) >= 11 is 0. The minimum Gasteiger partial charge on any atom is -0.457 e. The van der Waals surface area contributed by atoms with Gasteiger partial charge in [-0.2, -0.15) is 8.42 Å². The Bertz CT molecular complexity index is 1060. The molecule has 3 aromatic rings. The number of carbonyl (C=O) groups is 2. The lowest BCUT2D eigenvalue weighted by Crippen LogP contribution is -2.14. The molecule has 0 aliphatic carbocycles. The zero-order valence-corrected chi connectivity index (χ0v) is 15.6. The fraction of sp³-hybridized carbons (Fsp3) is 0.100. The van der Waals surface area contributed by atoms with Gasteiger partial charge in [0, 0.05) is 5.56 Å². The van der Waals surface area contributed by atoms with Crippen molar-refractivity contribution in [2.24, 2.45) is 0 Å². The van der Waals surface area contributed by atoms with E-state index in [1.165, 1.54) is 54.8 Å². The summed E-state index contributed by atoms with van der Waals surface area (Å²) in [4.78, 5) is 23.8. The predicted octanol–water partition coefficient (Wildman–Crippen LogP) is 3.40. The van der Waals surface area contributed by atoms with E-state index >= 15 is 0 Å². The molecule has 0 fully saturated rings. The molecule has 1 aromatic heterocycles. The van der Waals surface area contributed by atoms with Crippen LogP contribution >= 0.6 is 0 Å². The SMILES string of the molecule is Cc1ccc(S(=O)(=O)Oc2ccc(C(=O)COC(=O)c3ccco3)cc2)cc1. The maximum Gasteiger partial charge on any atom is 0.374 e. The van der Waals surface area contributed by atoms with Gasteiger partial charge in [0.2, 0.25) is 5.76 Å². The van der Waals surface area contributed by atoms with Crippen molar-refractivity contribution in [3.8, 4) is 5.75 Å². The summed E-state index contributed by atoms with van der Waals surface area (Å²) in [7, 11) is -3.97. The highest BCUT2D eigenvalue weighted by molar-refractivity contribution is 7.87. The maximum atomic E-state index is 12.3. The second-order valence-corrected chi connectivity index (χ2v) is 7.40. The van der Waals surface area contributed by atoms with Crippen molar-refractivity contribution in [2.75, 3.05) is 6.61 Å². The standard InChI is InChI=1S/C20H16O7S/c1-14-4-10-17(11-5-14)28(23,24)27-16-8-6-15(7-9-16)18(21)13-26-20(22)19-3-2-12-25-19/h2-12H,13H2,1H3. The van der Waals surface area contributed by atoms with Crippen LogP contribution in [0.1, 0.15) is 26.5 Å². The van der Waals surface area contributed by atoms with Gasteiger partial charge in [-0.15, -0.1) is 0 Å². The maximum absolute atomic E-state index is 12.3. The molecule has 0 bridgehead atoms. The van der Waals surface area contributed by atoms with Crippen molar-refractivity contribution in [1.29, 1.82) is 0 Å². The van der Waals surface area contributed by atoms with Crippen LogP contribution in [-0.4, -0.2) is 26.8 Å². The van der Waals surface area contributed by atoms with Gasteiger partial charge in [-0.3, -0.25) is 4.79 Å². The van der Waals surface area contributed by atoms with Crippen molar-refractivity contribution in [2.45, 2.75) is 11.8 Å². The summed E-state index contributed by atoms with van der Waals surface area (Å²) in [6, 6.07) is 14.7. The largest absolute Gasteiger partial charge is 0.457 e. The van der Waals surface area contributed by atoms with Crippen LogP contribution in [0.4, 0.5) is 0 Å². The molecule has 0 aliphatic heterocycles. The summed E-state index contributed by atoms with van der Waals surface area (Å²) in [5, 5.41) is 0. The van der Waals surface area contributed by atoms with Crippen molar-refractivity contribution < 1.29 is 31.3 Å². The second kappa shape index (κ2) is 8.10. The van der Waals surface area contributed by atoms with Crippen LogP contribution in [0, 0.1) is 6.92 Å². The van der Waals surface area contributed by atoms with Crippen LogP contribution in [0.2, 0.25) is 0 Å². The molecule has 0 atom stereocenters. The van der Waals surface area contributed by atoms with Crippen molar-refractivity contribution >= 4 is 21.9 Å². The number of esters is 1. The number of rotatable bonds is 7. The van der Waals surface area contributed by atoms with E-state index in [0.717, 1.165) is 5.56 Å². The Kier molecular flexibility index (Phi) is 5.60. The van der Waals surface area contributed by atoms with E-state index in [-0.39, 0.29) is 22.0 Å². The number of Topliss-reactive ketones (excluding diaryl/α,β-unsaturated/α-hetero) is 1. The number of hydrogen-bond acceptors (Lipinski definition) is 7. The highest BCUT2D eigenvalue weighted by atomic mass is 32.2. The molecule has 8 heteroatoms. The number of aryl methyl sites for hydroxylation is 1. The van der Waals surface area contributed by atoms with Gasteiger partial charge in [0.15, 0.2) is 12.4 Å². The molecule has 0 saturated carbocycles. The van der Waals surface area contributed by atoms with Crippen molar-refractivity contribution in [1.82, 2.24) is 0 Å². The van der Waals surface area contributed by atoms with Gasteiger partial charge < -0.3 is 13.3 Å². The zero-order chi connectivity index (χ0) is 20.1. The lowest BCUT2D eigenvalue weighted by molar-refractivity contribution is 0.0444. The summed E-state index contributed by atoms with van der Waals surface area (Å²) in [6.45, 7) is 1.38. The number of benzene rings is 2. The fourth-order valence-electron chi connectivity index (χ4n) is 2.26. The molecular formula is C20H16O7S. The molecule has 144 valence electrons. The molecule has 0 amide bonds. The van der Waals surface area contributed by atoms with Crippen molar-refractivity contribution in [3.05, 3.63) is 83.8 Å². The highest BCUT2D eigenvalue weighted by Crippen LogP contribution is 2.20. The van der Waals surface area contributed by atoms with E-state index < -0.39 is 28.5 Å². The van der Waals surface area contributed by atoms with E-state index in [0.29, 0.717) is 0 Å². The number of hydrogen-bond donors (Lipinski definition) is 0. The average molecular weight is 400 g/mol. The molecule has 0 unspecified atom stereocenters. The molecule has 28 heavy (non-hydrogen) atoms. The zero-order valence-electron chi connectivity index (χ0n) is 14.8. The van der Waals surface area contributed by atoms with Crippen LogP contribution in [-0.2, 0) is 14.9 Å². The van der Waals surface area contributed by atoms with Gasteiger partial charge in [0.05, 0.1) is 6.26 Å². The van der Waals surface area contributed by atoms with Gasteiger partial charge in [-0.1, -0.05) is 17.7 Å². The third-order valence-corrected chi connectivity index (χ3v) is 5.01. The Hall–Kier alpha value is -3.39. The van der Waals surface area contributed by atoms with Crippen molar-refractivity contribution in [3.63, 3.8) is 0 Å². The smallest absolute Gasteiger partial charge is 0.374 e. The average Bonchev–Trinajstić information content (AvgIpc) is 3.21. The van der Waals surface area contributed by atoms with Crippen LogP contribution < -0.4 is 4.18 Å². The van der Waals surface area contributed by atoms with E-state index in [2.05, 4.69) is 0 Å². The van der Waals surface area contributed by atoms with Gasteiger partial charge in [-0.05, 0) is 55.5 Å². The van der Waals surface area contributed by atoms with E-state index in [1.54, 1.807) is 12.1 Å². The first-order chi connectivity index (χ1) is 13.3. The first kappa shape index (κ1) is 19.4. The molecule has 7 nitrogen and oxygen atoms in total. The van der Waals surface area contributed by atoms with E-state index in [4.69, 9.17) is 13.3 Å². The summed E-state index contributed by atoms with van der Waals surface area (Å²) in [6.07, 6.45) is 1.32. The fourth-order valence-corrected chi connectivity index (χ4v) is 3.19. The van der Waals surface area contributed by atoms with Crippen LogP contribution in [0.25, 0.3) is 0 Å². The number of ether oxygens (including phenoxy) is 1. The molecule has 0 radical (unpaired) electrons. The second-order valence-electron chi connectivity index (χ2n) is 5.85. The quantitative estimate of drug-likeness (QED) is 0.340. The molecule has 0 N–H and O–H groups in total. The van der Waals surface area contributed by atoms with E-state index in [1.807, 2.05) is 6.92 Å². The Morgan fingerprint density at radius 2 is 1.64 bits per heavy atom. The Balaban J connectivity index is 1.62. The minimum absolute atomic E-state index is 0.00198. The molecule has 0 aliphatic rings. The minimum atomic E-state index is -3.97. The van der Waals surface area contributed by atoms with Gasteiger partial charge in [0.1, 0.15) is 10.6 Å². The molecule has 0 saturated heterocycles. The van der Waals surface area contributed by atoms with Gasteiger partial charge >= 0.3 is 16.1 Å². The first-order valence-electron chi connectivity index (χ1n) is 8.20. The normalized spacial score (nSPS) is 11.0. The first-order valence-corrected chi connectivity index (χ1v) is 9.61. The molecule has 0 spiro atoms. The van der Waals surface area contributed by atoms with E-state index in [9.17, 15) is 18.0 Å². The Morgan fingerprint density at radius 1 is 0.964 bits per heavy atom. The number of furan rings is 1. The summed E-state index contributed by atoms with van der Waals surface area (Å²) in [5.74, 6) is -1.14. The Morgan fingerprint density at radius 3 is 2.25 bits per heavy atom. The lowest BCUT2D eigenvalue weighted by atomic mass is 10.1. The lowest BCUT2D eigenvalue weighted by Gasteiger charge is -2.08. The third kappa shape index (κ3) is 4.66. The monoisotopic (exact) mass is 400 g/mol. The molecule has 2 aromatic carbocycles. The van der Waals surface area contributed by atoms with Gasteiger partial charge in [-0.25, -0.2) is 4.79 Å². The summed E-state index contributed by atoms with van der Waals surface area (Å²) < 4.78 is 39.4. The molecular weight excluding hydrogens is 384 g/mol. The van der Waals surface area contributed by atoms with Crippen LogP contribution in [0.3, 0.4) is 0 Å². The third-order valence-electron chi connectivity index (χ3n) is 3.75. The van der Waals surface area contributed by atoms with Crippen LogP contribution in [0.15, 0.2) is 76.2 Å². The number of carbonyl (C=O) groups excluding carboxylic acids is 2. The Labute approximate surface area is 161 Å². The molecule has 1 heterocycles. The van der Waals surface area contributed by atoms with Crippen LogP contribution in [0.5, 0.6) is 5.75 Å². The topological polar surface area (TPSA) is 99.9 Å². The number of ketones is 1. The van der Waals surface area contributed by atoms with Gasteiger partial charge in [0.25, 0.3) is 0 Å². The highest BCUT2D eigenvalue weighted by Gasteiger charge is 2.17. The predicted molar refractivity (Wildman–Crippen MR) is 98.8 cm³/mol.